The minimum Gasteiger partial charge on any atom is -0.486 e. The predicted molar refractivity (Wildman–Crippen MR) is 108 cm³/mol. The average Bonchev–Trinajstić information content (AvgIpc) is 3.42. The third-order valence-corrected chi connectivity index (χ3v) is 5.39. The molecule has 0 spiro atoms. The number of hydrogen-bond acceptors (Lipinski definition) is 5. The number of carbonyl (C=O) groups excluding carboxylic acids is 2. The number of nitrogens with one attached hydrogen (secondary N) is 2. The number of amides is 2. The van der Waals surface area contributed by atoms with Crippen LogP contribution in [0.5, 0.6) is 11.5 Å². The number of rotatable bonds is 3. The van der Waals surface area contributed by atoms with Gasteiger partial charge in [0.15, 0.2) is 28.8 Å². The second-order valence-corrected chi connectivity index (χ2v) is 7.40. The van der Waals surface area contributed by atoms with Crippen molar-refractivity contribution in [1.82, 2.24) is 20.6 Å². The zero-order valence-corrected chi connectivity index (χ0v) is 16.8. The lowest BCUT2D eigenvalue weighted by atomic mass is 10.2. The van der Waals surface area contributed by atoms with E-state index in [1.807, 2.05) is 0 Å². The van der Waals surface area contributed by atoms with E-state index in [9.17, 15) is 18.4 Å². The third kappa shape index (κ3) is 3.53. The van der Waals surface area contributed by atoms with Crippen LogP contribution in [0, 0.1) is 11.6 Å². The molecule has 0 saturated heterocycles. The lowest BCUT2D eigenvalue weighted by Gasteiger charge is -2.18. The van der Waals surface area contributed by atoms with Crippen LogP contribution >= 0.6 is 0 Å². The van der Waals surface area contributed by atoms with Gasteiger partial charge in [-0.3, -0.25) is 20.4 Å². The molecule has 10 heteroatoms. The number of benzene rings is 2. The molecule has 5 rings (SSSR count). The maximum Gasteiger partial charge on any atom is 0.290 e. The van der Waals surface area contributed by atoms with Crippen molar-refractivity contribution in [3.8, 4) is 17.2 Å². The number of hydrogen-bond donors (Lipinski definition) is 2. The van der Waals surface area contributed by atoms with E-state index in [0.29, 0.717) is 43.2 Å². The molecule has 0 saturated carbocycles. The molecule has 164 valence electrons. The van der Waals surface area contributed by atoms with Crippen LogP contribution in [0.1, 0.15) is 38.5 Å². The molecule has 2 aliphatic rings. The van der Waals surface area contributed by atoms with Crippen LogP contribution in [0.25, 0.3) is 5.69 Å². The smallest absolute Gasteiger partial charge is 0.290 e. The van der Waals surface area contributed by atoms with Crippen molar-refractivity contribution in [3.05, 3.63) is 70.5 Å². The van der Waals surface area contributed by atoms with Gasteiger partial charge in [-0.05, 0) is 49.6 Å². The second kappa shape index (κ2) is 7.95. The summed E-state index contributed by atoms with van der Waals surface area (Å²) in [5, 5.41) is 4.31. The van der Waals surface area contributed by atoms with Crippen molar-refractivity contribution in [2.75, 3.05) is 13.2 Å². The summed E-state index contributed by atoms with van der Waals surface area (Å²) in [6.45, 7) is 0.830. The quantitative estimate of drug-likeness (QED) is 0.611. The van der Waals surface area contributed by atoms with Crippen LogP contribution < -0.4 is 20.3 Å². The van der Waals surface area contributed by atoms with Gasteiger partial charge in [-0.25, -0.2) is 13.5 Å². The molecule has 8 nitrogen and oxygen atoms in total. The zero-order valence-electron chi connectivity index (χ0n) is 16.8. The Bertz CT molecular complexity index is 1240. The number of halogens is 2. The summed E-state index contributed by atoms with van der Waals surface area (Å²) in [7, 11) is 0. The van der Waals surface area contributed by atoms with E-state index in [-0.39, 0.29) is 11.3 Å². The van der Waals surface area contributed by atoms with Crippen molar-refractivity contribution in [2.45, 2.75) is 19.3 Å². The Balaban J connectivity index is 1.34. The van der Waals surface area contributed by atoms with Gasteiger partial charge in [0.1, 0.15) is 13.2 Å². The van der Waals surface area contributed by atoms with Crippen LogP contribution in [0.3, 0.4) is 0 Å². The molecule has 0 unspecified atom stereocenters. The van der Waals surface area contributed by atoms with Crippen molar-refractivity contribution >= 4 is 11.8 Å². The number of hydrazine groups is 1. The van der Waals surface area contributed by atoms with E-state index in [4.69, 9.17) is 9.47 Å². The Kier molecular flexibility index (Phi) is 4.96. The Morgan fingerprint density at radius 3 is 2.50 bits per heavy atom. The first-order valence-electron chi connectivity index (χ1n) is 10.1. The molecule has 2 heterocycles. The van der Waals surface area contributed by atoms with Crippen LogP contribution in [-0.4, -0.2) is 34.8 Å². The van der Waals surface area contributed by atoms with E-state index in [2.05, 4.69) is 16.0 Å². The Morgan fingerprint density at radius 2 is 1.69 bits per heavy atom. The largest absolute Gasteiger partial charge is 0.486 e. The van der Waals surface area contributed by atoms with Gasteiger partial charge in [0.05, 0.1) is 5.69 Å². The van der Waals surface area contributed by atoms with Gasteiger partial charge < -0.3 is 9.47 Å². The number of aromatic nitrogens is 2. The molecular weight excluding hydrogens is 422 g/mol. The van der Waals surface area contributed by atoms with Crippen molar-refractivity contribution in [3.63, 3.8) is 0 Å². The molecule has 0 fully saturated rings. The Hall–Kier alpha value is -3.95. The highest BCUT2D eigenvalue weighted by atomic mass is 19.2. The normalized spacial score (nSPS) is 14.1. The molecule has 2 aromatic carbocycles. The summed E-state index contributed by atoms with van der Waals surface area (Å²) >= 11 is 0. The molecule has 0 bridgehead atoms. The lowest BCUT2D eigenvalue weighted by molar-refractivity contribution is 0.0842. The van der Waals surface area contributed by atoms with E-state index in [1.54, 1.807) is 12.1 Å². The first-order valence-corrected chi connectivity index (χ1v) is 10.1. The molecule has 1 aliphatic heterocycles. The summed E-state index contributed by atoms with van der Waals surface area (Å²) in [5.41, 5.74) is 6.96. The fourth-order valence-corrected chi connectivity index (χ4v) is 3.88. The summed E-state index contributed by atoms with van der Waals surface area (Å²) in [4.78, 5) is 25.2. The van der Waals surface area contributed by atoms with Gasteiger partial charge in [-0.2, -0.15) is 5.10 Å². The fourth-order valence-electron chi connectivity index (χ4n) is 3.88. The number of fused-ring (bicyclic) bond motifs is 2. The number of ether oxygens (including phenoxy) is 2. The van der Waals surface area contributed by atoms with E-state index < -0.39 is 23.4 Å². The standard InChI is InChI=1S/C22H18F2N4O4/c23-15-6-5-13(11-16(15)24)28-17-3-1-2-14(17)20(27-28)22(30)26-25-21(29)12-4-7-18-19(10-12)32-9-8-31-18/h4-7,10-11H,1-3,8-9H2,(H,25,29)(H,26,30). The summed E-state index contributed by atoms with van der Waals surface area (Å²) < 4.78 is 39.3. The van der Waals surface area contributed by atoms with Crippen LogP contribution in [0.2, 0.25) is 0 Å². The molecule has 0 atom stereocenters. The predicted octanol–water partition coefficient (Wildman–Crippen LogP) is 2.49. The molecular formula is C22H18F2N4O4. The molecule has 2 N–H and O–H groups in total. The highest BCUT2D eigenvalue weighted by Crippen LogP contribution is 2.31. The monoisotopic (exact) mass is 440 g/mol. The minimum atomic E-state index is -0.998. The van der Waals surface area contributed by atoms with Gasteiger partial charge in [-0.15, -0.1) is 0 Å². The van der Waals surface area contributed by atoms with Crippen LogP contribution in [0.15, 0.2) is 36.4 Å². The maximum absolute atomic E-state index is 13.7. The molecule has 32 heavy (non-hydrogen) atoms. The zero-order chi connectivity index (χ0) is 22.2. The number of nitrogens with zero attached hydrogens (tertiary/aromatic N) is 2. The highest BCUT2D eigenvalue weighted by molar-refractivity contribution is 5.99. The van der Waals surface area contributed by atoms with Gasteiger partial charge in [0, 0.05) is 22.9 Å². The third-order valence-electron chi connectivity index (χ3n) is 5.39. The highest BCUT2D eigenvalue weighted by Gasteiger charge is 2.27. The van der Waals surface area contributed by atoms with Crippen molar-refractivity contribution in [2.24, 2.45) is 0 Å². The van der Waals surface area contributed by atoms with Gasteiger partial charge >= 0.3 is 0 Å². The van der Waals surface area contributed by atoms with Gasteiger partial charge in [0.25, 0.3) is 11.8 Å². The molecule has 0 radical (unpaired) electrons. The second-order valence-electron chi connectivity index (χ2n) is 7.40. The number of carbonyl (C=O) groups is 2. The van der Waals surface area contributed by atoms with Crippen LogP contribution in [-0.2, 0) is 12.8 Å². The Morgan fingerprint density at radius 1 is 0.906 bits per heavy atom. The lowest BCUT2D eigenvalue weighted by Crippen LogP contribution is -2.42. The average molecular weight is 440 g/mol. The molecule has 2 amide bonds. The molecule has 1 aliphatic carbocycles. The Labute approximate surface area is 181 Å². The van der Waals surface area contributed by atoms with E-state index in [1.165, 1.54) is 16.8 Å². The SMILES string of the molecule is O=C(NNC(=O)c1nn(-c2ccc(F)c(F)c2)c2c1CCC2)c1ccc2c(c1)OCCO2. The topological polar surface area (TPSA) is 94.5 Å². The first-order chi connectivity index (χ1) is 15.5. The van der Waals surface area contributed by atoms with Gasteiger partial charge in [-0.1, -0.05) is 0 Å². The molecule has 1 aromatic heterocycles. The fraction of sp³-hybridized carbons (Fsp3) is 0.227. The summed E-state index contributed by atoms with van der Waals surface area (Å²) in [6.07, 6.45) is 2.08. The summed E-state index contributed by atoms with van der Waals surface area (Å²) in [6, 6.07) is 8.17. The maximum atomic E-state index is 13.7. The van der Waals surface area contributed by atoms with Crippen LogP contribution in [0.4, 0.5) is 8.78 Å². The summed E-state index contributed by atoms with van der Waals surface area (Å²) in [5.74, 6) is -2.09. The first kappa shape index (κ1) is 20.0. The van der Waals surface area contributed by atoms with E-state index >= 15 is 0 Å². The van der Waals surface area contributed by atoms with Crippen molar-refractivity contribution < 1.29 is 27.8 Å². The van der Waals surface area contributed by atoms with Gasteiger partial charge in [0.2, 0.25) is 0 Å². The van der Waals surface area contributed by atoms with Crippen molar-refractivity contribution in [1.29, 1.82) is 0 Å². The minimum absolute atomic E-state index is 0.129. The molecule has 3 aromatic rings. The van der Waals surface area contributed by atoms with E-state index in [0.717, 1.165) is 29.8 Å².